The Morgan fingerprint density at radius 3 is 0.776 bits per heavy atom. The van der Waals surface area contributed by atoms with E-state index in [1.54, 1.807) is 0 Å². The van der Waals surface area contributed by atoms with E-state index in [4.69, 9.17) is 5.73 Å². The maximum Gasteiger partial charge on any atom is 0.108 e. The maximum absolute atomic E-state index is 5.14. The molecule has 0 fully saturated rings. The lowest BCUT2D eigenvalue weighted by molar-refractivity contribution is 0.807. The summed E-state index contributed by atoms with van der Waals surface area (Å²) in [5, 5.41) is 0. The molecule has 0 unspecified atom stereocenters. The number of unbranched alkanes of at least 4 members (excludes halogenated alkanes) is 1. The van der Waals surface area contributed by atoms with Crippen LogP contribution >= 0.6 is 0 Å². The predicted molar refractivity (Wildman–Crippen MR) is 214 cm³/mol. The van der Waals surface area contributed by atoms with Crippen molar-refractivity contribution in [2.24, 2.45) is 5.73 Å². The Kier molecular flexibility index (Phi) is 13.3. The molecule has 0 spiro atoms. The molecule has 0 aromatic heterocycles. The van der Waals surface area contributed by atoms with Crippen molar-refractivity contribution in [2.75, 3.05) is 6.54 Å². The number of hydrogen-bond acceptors (Lipinski definition) is 1. The molecule has 0 atom stereocenters. The molecule has 0 saturated carbocycles. The lowest BCUT2D eigenvalue weighted by atomic mass is 9.13. The van der Waals surface area contributed by atoms with Crippen LogP contribution < -0.4 is 27.6 Å². The summed E-state index contributed by atoms with van der Waals surface area (Å²) in [6, 6.07) is 75.2. The number of rotatable bonds is 9. The summed E-state index contributed by atoms with van der Waals surface area (Å²) in [4.78, 5) is 0. The number of hydrogen-bond donors (Lipinski definition) is 1. The Balaban J connectivity index is 0.000000173. The number of nitrogens with two attached hydrogens (primary N) is 1. The lowest BCUT2D eigenvalue weighted by Crippen LogP contribution is -2.74. The zero-order chi connectivity index (χ0) is 34.0. The fourth-order valence-corrected chi connectivity index (χ4v) is 6.64. The largest absolute Gasteiger partial charge is 0.330 e. The second-order valence-corrected chi connectivity index (χ2v) is 12.1. The van der Waals surface area contributed by atoms with Crippen molar-refractivity contribution in [1.82, 2.24) is 0 Å². The monoisotopic (exact) mass is 635 g/mol. The quantitative estimate of drug-likeness (QED) is 0.0961. The molecule has 242 valence electrons. The first-order valence-corrected chi connectivity index (χ1v) is 17.4. The summed E-state index contributed by atoms with van der Waals surface area (Å²) in [5.74, 6) is 1.28. The van der Waals surface area contributed by atoms with Gasteiger partial charge in [0.1, 0.15) is 6.15 Å². The molecule has 0 amide bonds. The van der Waals surface area contributed by atoms with Gasteiger partial charge in [0.2, 0.25) is 0 Å². The van der Waals surface area contributed by atoms with Crippen LogP contribution in [0.5, 0.6) is 0 Å². The molecule has 0 aliphatic heterocycles. The molecular weight excluding hydrogens is 589 g/mol. The summed E-state index contributed by atoms with van der Waals surface area (Å²) >= 11 is 0. The van der Waals surface area contributed by atoms with Gasteiger partial charge in [-0.15, -0.1) is 0 Å². The van der Waals surface area contributed by atoms with Crippen LogP contribution in [0.1, 0.15) is 36.5 Å². The molecule has 0 heterocycles. The summed E-state index contributed by atoms with van der Waals surface area (Å²) in [5.41, 5.74) is 14.2. The van der Waals surface area contributed by atoms with E-state index >= 15 is 0 Å². The molecule has 0 saturated heterocycles. The molecular formula is C47H46BN. The fourth-order valence-electron chi connectivity index (χ4n) is 6.64. The van der Waals surface area contributed by atoms with Gasteiger partial charge in [-0.25, -0.2) is 0 Å². The van der Waals surface area contributed by atoms with Crippen molar-refractivity contribution in [2.45, 2.75) is 19.8 Å². The maximum atomic E-state index is 5.14. The van der Waals surface area contributed by atoms with Crippen LogP contribution in [0, 0.1) is 5.92 Å². The second kappa shape index (κ2) is 18.7. The van der Waals surface area contributed by atoms with Crippen molar-refractivity contribution in [3.63, 3.8) is 0 Å². The predicted octanol–water partition coefficient (Wildman–Crippen LogP) is 8.51. The van der Waals surface area contributed by atoms with Gasteiger partial charge in [-0.1, -0.05) is 153 Å². The van der Waals surface area contributed by atoms with Crippen LogP contribution in [0.25, 0.3) is 0 Å². The molecule has 2 N–H and O–H groups in total. The molecule has 0 bridgehead atoms. The van der Waals surface area contributed by atoms with E-state index in [0.717, 1.165) is 6.54 Å². The van der Waals surface area contributed by atoms with E-state index in [2.05, 4.69) is 219 Å². The van der Waals surface area contributed by atoms with Crippen LogP contribution in [0.4, 0.5) is 0 Å². The van der Waals surface area contributed by atoms with Crippen molar-refractivity contribution in [3.05, 3.63) is 235 Å². The SMILES string of the molecule is CCCCN.c1ccc([B-](c2ccccc2)(c2ccccc2)c2ccccc2)cc1.c1ccc([C+](c2ccccc2)c2ccccc2)cc1. The highest BCUT2D eigenvalue weighted by Crippen LogP contribution is 2.30. The molecule has 7 aromatic carbocycles. The molecule has 0 radical (unpaired) electrons. The van der Waals surface area contributed by atoms with Crippen molar-refractivity contribution in [1.29, 1.82) is 0 Å². The normalized spacial score (nSPS) is 10.5. The topological polar surface area (TPSA) is 26.0 Å². The summed E-state index contributed by atoms with van der Waals surface area (Å²) in [7, 11) is 0. The Bertz CT molecular complexity index is 1600. The molecule has 0 aliphatic carbocycles. The van der Waals surface area contributed by atoms with E-state index in [1.807, 2.05) is 0 Å². The van der Waals surface area contributed by atoms with Gasteiger partial charge in [-0.05, 0) is 85.8 Å². The van der Waals surface area contributed by atoms with Gasteiger partial charge >= 0.3 is 0 Å². The second-order valence-electron chi connectivity index (χ2n) is 12.1. The molecule has 0 aliphatic rings. The van der Waals surface area contributed by atoms with Crippen molar-refractivity contribution < 1.29 is 0 Å². The average molecular weight is 636 g/mol. The molecule has 2 heteroatoms. The van der Waals surface area contributed by atoms with E-state index in [0.29, 0.717) is 0 Å². The van der Waals surface area contributed by atoms with Crippen LogP contribution in [-0.2, 0) is 0 Å². The minimum atomic E-state index is -1.22. The molecule has 7 rings (SSSR count). The van der Waals surface area contributed by atoms with Crippen molar-refractivity contribution >= 4 is 28.0 Å². The average Bonchev–Trinajstić information content (AvgIpc) is 3.19. The van der Waals surface area contributed by atoms with Gasteiger partial charge in [-0.3, -0.25) is 0 Å². The molecule has 7 aromatic rings. The highest BCUT2D eigenvalue weighted by atomic mass is 14.5. The van der Waals surface area contributed by atoms with Gasteiger partial charge < -0.3 is 5.73 Å². The highest BCUT2D eigenvalue weighted by Gasteiger charge is 2.31. The third-order valence-electron chi connectivity index (χ3n) is 8.94. The Morgan fingerprint density at radius 1 is 0.367 bits per heavy atom. The van der Waals surface area contributed by atoms with Gasteiger partial charge in [0.15, 0.2) is 0 Å². The summed E-state index contributed by atoms with van der Waals surface area (Å²) in [6.07, 6.45) is 1.17. The summed E-state index contributed by atoms with van der Waals surface area (Å²) in [6.45, 7) is 2.98. The highest BCUT2D eigenvalue weighted by molar-refractivity contribution is 7.19. The Hall–Kier alpha value is -5.57. The van der Waals surface area contributed by atoms with Gasteiger partial charge in [0, 0.05) is 0 Å². The van der Waals surface area contributed by atoms with Crippen molar-refractivity contribution in [3.8, 4) is 0 Å². The first-order valence-electron chi connectivity index (χ1n) is 17.4. The van der Waals surface area contributed by atoms with Gasteiger partial charge in [0.25, 0.3) is 0 Å². The third-order valence-corrected chi connectivity index (χ3v) is 8.94. The smallest absolute Gasteiger partial charge is 0.108 e. The minimum absolute atomic E-state index is 0.844. The number of benzene rings is 7. The van der Waals surface area contributed by atoms with Gasteiger partial charge in [0.05, 0.1) is 22.6 Å². The van der Waals surface area contributed by atoms with Crippen LogP contribution in [0.2, 0.25) is 0 Å². The van der Waals surface area contributed by atoms with E-state index in [1.165, 1.54) is 57.3 Å². The van der Waals surface area contributed by atoms with Crippen LogP contribution in [0.3, 0.4) is 0 Å². The van der Waals surface area contributed by atoms with Crippen LogP contribution in [0.15, 0.2) is 212 Å². The Labute approximate surface area is 294 Å². The molecule has 1 nitrogen and oxygen atoms in total. The fraction of sp³-hybridized carbons (Fsp3) is 0.0851. The van der Waals surface area contributed by atoms with E-state index in [-0.39, 0.29) is 0 Å². The third kappa shape index (κ3) is 8.87. The minimum Gasteiger partial charge on any atom is -0.330 e. The Morgan fingerprint density at radius 2 is 0.592 bits per heavy atom. The standard InChI is InChI=1S/C24H20B.C19H15.C4H11N/c1-5-13-21(14-6-1)25(22-15-7-2-8-16-22,23-17-9-3-10-18-23)24-19-11-4-12-20-24;1-4-10-16(11-5-1)19(17-12-6-2-7-13-17)18-14-8-3-9-15-18;1-2-3-4-5/h1-20H;1-15H;2-5H2,1H3/q-1;+1;. The van der Waals surface area contributed by atoms with Crippen LogP contribution in [-0.4, -0.2) is 12.7 Å². The van der Waals surface area contributed by atoms with E-state index in [9.17, 15) is 0 Å². The van der Waals surface area contributed by atoms with E-state index < -0.39 is 6.15 Å². The zero-order valence-corrected chi connectivity index (χ0v) is 28.5. The molecule has 49 heavy (non-hydrogen) atoms. The summed E-state index contributed by atoms with van der Waals surface area (Å²) < 4.78 is 0. The first kappa shape index (κ1) is 34.8. The van der Waals surface area contributed by atoms with Gasteiger partial charge in [-0.2, -0.15) is 21.9 Å². The lowest BCUT2D eigenvalue weighted by Gasteiger charge is -2.44. The first-order chi connectivity index (χ1) is 24.3. The zero-order valence-electron chi connectivity index (χ0n) is 28.5.